The molecule has 0 atom stereocenters. The Morgan fingerprint density at radius 3 is 2.08 bits per heavy atom. The van der Waals surface area contributed by atoms with E-state index in [1.54, 1.807) is 0 Å². The minimum Gasteiger partial charge on any atom is -0.352 e. The van der Waals surface area contributed by atoms with Crippen LogP contribution in [0.4, 0.5) is 0 Å². The second kappa shape index (κ2) is 10.8. The quantitative estimate of drug-likeness (QED) is 0.256. The summed E-state index contributed by atoms with van der Waals surface area (Å²) in [6.45, 7) is 6.82. The minimum absolute atomic E-state index is 0.0667. The van der Waals surface area contributed by atoms with Crippen LogP contribution in [-0.4, -0.2) is 17.4 Å². The molecule has 0 saturated carbocycles. The molecule has 0 aliphatic rings. The number of aromatic nitrogens is 1. The monoisotopic (exact) mass is 484 g/mol. The largest absolute Gasteiger partial charge is 0.352 e. The summed E-state index contributed by atoms with van der Waals surface area (Å²) >= 11 is 0. The third kappa shape index (κ3) is 5.46. The average molecular weight is 485 g/mol. The van der Waals surface area contributed by atoms with Crippen LogP contribution in [0.5, 0.6) is 0 Å². The average Bonchev–Trinajstić information content (AvgIpc) is 2.93. The summed E-state index contributed by atoms with van der Waals surface area (Å²) in [5.41, 5.74) is 9.40. The van der Waals surface area contributed by atoms with Crippen LogP contribution < -0.4 is 5.32 Å². The van der Waals surface area contributed by atoms with Crippen molar-refractivity contribution in [3.05, 3.63) is 137 Å². The maximum absolute atomic E-state index is 13.6. The number of hydrogen-bond donors (Lipinski definition) is 1. The molecule has 0 spiro atoms. The molecule has 3 heteroatoms. The van der Waals surface area contributed by atoms with E-state index in [1.807, 2.05) is 37.3 Å². The number of carbonyl (C=O) groups is 1. The van der Waals surface area contributed by atoms with Gasteiger partial charge < -0.3 is 5.32 Å². The molecule has 0 bridgehead atoms. The van der Waals surface area contributed by atoms with E-state index in [9.17, 15) is 4.79 Å². The van der Waals surface area contributed by atoms with E-state index >= 15 is 0 Å². The lowest BCUT2D eigenvalue weighted by Gasteiger charge is -2.19. The molecule has 1 heterocycles. The van der Waals surface area contributed by atoms with Crippen LogP contribution in [0.15, 0.2) is 103 Å². The van der Waals surface area contributed by atoms with Crippen LogP contribution in [0.25, 0.3) is 22.2 Å². The number of fused-ring (bicyclic) bond motifs is 1. The summed E-state index contributed by atoms with van der Waals surface area (Å²) < 4.78 is 0. The highest BCUT2D eigenvalue weighted by molar-refractivity contribution is 6.07. The van der Waals surface area contributed by atoms with Crippen molar-refractivity contribution in [2.45, 2.75) is 33.1 Å². The first kappa shape index (κ1) is 24.5. The molecule has 1 amide bonds. The number of pyridine rings is 1. The van der Waals surface area contributed by atoms with Gasteiger partial charge in [0.05, 0.1) is 16.8 Å². The van der Waals surface area contributed by atoms with Gasteiger partial charge in [-0.05, 0) is 73.7 Å². The van der Waals surface area contributed by atoms with Crippen molar-refractivity contribution in [3.8, 4) is 11.3 Å². The first-order valence-electron chi connectivity index (χ1n) is 12.9. The molecule has 37 heavy (non-hydrogen) atoms. The summed E-state index contributed by atoms with van der Waals surface area (Å²) in [4.78, 5) is 18.5. The molecule has 184 valence electrons. The van der Waals surface area contributed by atoms with Gasteiger partial charge in [-0.25, -0.2) is 4.98 Å². The number of hydrogen-bond acceptors (Lipinski definition) is 2. The number of carbonyl (C=O) groups excluding carboxylic acids is 1. The molecule has 0 saturated heterocycles. The Kier molecular flexibility index (Phi) is 7.14. The minimum atomic E-state index is -0.0667. The van der Waals surface area contributed by atoms with Gasteiger partial charge in [0.25, 0.3) is 5.91 Å². The van der Waals surface area contributed by atoms with Crippen LogP contribution in [-0.2, 0) is 0 Å². The van der Waals surface area contributed by atoms with Gasteiger partial charge >= 0.3 is 0 Å². The normalized spacial score (nSPS) is 11.1. The highest BCUT2D eigenvalue weighted by atomic mass is 16.1. The molecule has 3 nitrogen and oxygen atoms in total. The Balaban J connectivity index is 1.43. The second-order valence-corrected chi connectivity index (χ2v) is 9.79. The highest BCUT2D eigenvalue weighted by Gasteiger charge is 2.17. The lowest BCUT2D eigenvalue weighted by Crippen LogP contribution is -2.26. The number of amides is 1. The SMILES string of the molecule is Cc1ccc2nc(-c3ccc(C)c(C)c3)cc(C(=O)NCCC(c3ccccc3)c3ccccc3)c2c1. The summed E-state index contributed by atoms with van der Waals surface area (Å²) in [6, 6.07) is 35.4. The molecule has 0 radical (unpaired) electrons. The van der Waals surface area contributed by atoms with E-state index in [0.29, 0.717) is 12.1 Å². The molecule has 1 aromatic heterocycles. The van der Waals surface area contributed by atoms with Crippen LogP contribution in [0.2, 0.25) is 0 Å². The van der Waals surface area contributed by atoms with Crippen molar-refractivity contribution < 1.29 is 4.79 Å². The summed E-state index contributed by atoms with van der Waals surface area (Å²) in [5.74, 6) is 0.146. The smallest absolute Gasteiger partial charge is 0.252 e. The standard InChI is InChI=1S/C34H32N2O/c1-23-14-17-32-30(20-23)31(22-33(36-32)28-16-15-24(2)25(3)21-28)34(37)35-19-18-29(26-10-6-4-7-11-26)27-12-8-5-9-13-27/h4-17,20-22,29H,18-19H2,1-3H3,(H,35,37). The maximum atomic E-state index is 13.6. The van der Waals surface area contributed by atoms with E-state index in [-0.39, 0.29) is 11.8 Å². The van der Waals surface area contributed by atoms with Gasteiger partial charge in [-0.2, -0.15) is 0 Å². The molecule has 5 rings (SSSR count). The first-order valence-corrected chi connectivity index (χ1v) is 12.9. The predicted octanol–water partition coefficient (Wildman–Crippen LogP) is 7.78. The third-order valence-electron chi connectivity index (χ3n) is 7.13. The fourth-order valence-corrected chi connectivity index (χ4v) is 4.90. The van der Waals surface area contributed by atoms with Gasteiger partial charge in [-0.15, -0.1) is 0 Å². The van der Waals surface area contributed by atoms with Crippen molar-refractivity contribution in [2.75, 3.05) is 6.54 Å². The summed E-state index contributed by atoms with van der Waals surface area (Å²) in [7, 11) is 0. The van der Waals surface area contributed by atoms with Gasteiger partial charge in [0.2, 0.25) is 0 Å². The molecule has 1 N–H and O–H groups in total. The topological polar surface area (TPSA) is 42.0 Å². The lowest BCUT2D eigenvalue weighted by molar-refractivity contribution is 0.0954. The van der Waals surface area contributed by atoms with Crippen LogP contribution in [0.3, 0.4) is 0 Å². The molecule has 0 aliphatic heterocycles. The van der Waals surface area contributed by atoms with Gasteiger partial charge in [0, 0.05) is 23.4 Å². The van der Waals surface area contributed by atoms with Gasteiger partial charge in [0.1, 0.15) is 0 Å². The first-order chi connectivity index (χ1) is 18.0. The maximum Gasteiger partial charge on any atom is 0.252 e. The number of benzene rings is 4. The number of nitrogens with one attached hydrogen (secondary N) is 1. The van der Waals surface area contributed by atoms with Crippen molar-refractivity contribution in [2.24, 2.45) is 0 Å². The zero-order chi connectivity index (χ0) is 25.8. The Hall–Kier alpha value is -4.24. The molecule has 0 unspecified atom stereocenters. The molecule has 0 fully saturated rings. The fraction of sp³-hybridized carbons (Fsp3) is 0.176. The highest BCUT2D eigenvalue weighted by Crippen LogP contribution is 2.29. The van der Waals surface area contributed by atoms with E-state index in [4.69, 9.17) is 4.98 Å². The van der Waals surface area contributed by atoms with Crippen LogP contribution in [0.1, 0.15) is 50.5 Å². The van der Waals surface area contributed by atoms with Crippen molar-refractivity contribution in [3.63, 3.8) is 0 Å². The van der Waals surface area contributed by atoms with Crippen molar-refractivity contribution >= 4 is 16.8 Å². The van der Waals surface area contributed by atoms with Crippen molar-refractivity contribution in [1.29, 1.82) is 0 Å². The Morgan fingerprint density at radius 1 is 0.757 bits per heavy atom. The Labute approximate surface area is 219 Å². The van der Waals surface area contributed by atoms with E-state index in [2.05, 4.69) is 92.0 Å². The Morgan fingerprint density at radius 2 is 1.43 bits per heavy atom. The summed E-state index contributed by atoms with van der Waals surface area (Å²) in [5, 5.41) is 4.10. The number of rotatable bonds is 7. The van der Waals surface area contributed by atoms with Gasteiger partial charge in [-0.3, -0.25) is 4.79 Å². The van der Waals surface area contributed by atoms with E-state index in [1.165, 1.54) is 22.3 Å². The third-order valence-corrected chi connectivity index (χ3v) is 7.13. The van der Waals surface area contributed by atoms with Gasteiger partial charge in [0.15, 0.2) is 0 Å². The molecular formula is C34H32N2O. The predicted molar refractivity (Wildman–Crippen MR) is 153 cm³/mol. The zero-order valence-corrected chi connectivity index (χ0v) is 21.7. The fourth-order valence-electron chi connectivity index (χ4n) is 4.90. The van der Waals surface area contributed by atoms with E-state index < -0.39 is 0 Å². The van der Waals surface area contributed by atoms with Crippen molar-refractivity contribution in [1.82, 2.24) is 10.3 Å². The lowest BCUT2D eigenvalue weighted by atomic mass is 9.88. The summed E-state index contributed by atoms with van der Waals surface area (Å²) in [6.07, 6.45) is 0.811. The number of nitrogens with zero attached hydrogens (tertiary/aromatic N) is 1. The van der Waals surface area contributed by atoms with Gasteiger partial charge in [-0.1, -0.05) is 84.4 Å². The van der Waals surface area contributed by atoms with E-state index in [0.717, 1.165) is 34.1 Å². The molecule has 4 aromatic carbocycles. The molecular weight excluding hydrogens is 452 g/mol. The van der Waals surface area contributed by atoms with Crippen LogP contribution >= 0.6 is 0 Å². The number of aryl methyl sites for hydroxylation is 3. The zero-order valence-electron chi connectivity index (χ0n) is 21.7. The second-order valence-electron chi connectivity index (χ2n) is 9.79. The van der Waals surface area contributed by atoms with Crippen LogP contribution in [0, 0.1) is 20.8 Å². The molecule has 5 aromatic rings. The molecule has 0 aliphatic carbocycles. The Bertz CT molecular complexity index is 1500.